The van der Waals surface area contributed by atoms with E-state index in [0.717, 1.165) is 10.9 Å². The van der Waals surface area contributed by atoms with Crippen molar-refractivity contribution in [2.45, 2.75) is 38.1 Å². The van der Waals surface area contributed by atoms with Gasteiger partial charge in [0.15, 0.2) is 0 Å². The number of fused-ring (bicyclic) bond motifs is 1. The zero-order valence-electron chi connectivity index (χ0n) is 13.3. The third kappa shape index (κ3) is 2.98. The number of hydrogen-bond acceptors (Lipinski definition) is 3. The van der Waals surface area contributed by atoms with Gasteiger partial charge in [0.25, 0.3) is 0 Å². The van der Waals surface area contributed by atoms with Crippen LogP contribution in [0.25, 0.3) is 0 Å². The van der Waals surface area contributed by atoms with Crippen LogP contribution in [0, 0.1) is 5.92 Å². The molecule has 3 atom stereocenters. The van der Waals surface area contributed by atoms with Crippen molar-refractivity contribution in [2.75, 3.05) is 26.7 Å². The lowest BCUT2D eigenvalue weighted by molar-refractivity contribution is -0.947. The molecule has 2 aliphatic heterocycles. The molecule has 1 aromatic carbocycles. The second kappa shape index (κ2) is 6.29. The van der Waals surface area contributed by atoms with Crippen molar-refractivity contribution in [3.8, 4) is 5.75 Å². The van der Waals surface area contributed by atoms with E-state index in [1.54, 1.807) is 18.2 Å². The monoisotopic (exact) mass is 304 g/mol. The average molecular weight is 304 g/mol. The Morgan fingerprint density at radius 2 is 2.00 bits per heavy atom. The van der Waals surface area contributed by atoms with Gasteiger partial charge in [-0.05, 0) is 37.8 Å². The molecule has 0 bridgehead atoms. The number of esters is 1. The summed E-state index contributed by atoms with van der Waals surface area (Å²) in [7, 11) is 2.36. The molecule has 2 saturated heterocycles. The quantitative estimate of drug-likeness (QED) is 0.690. The number of benzene rings is 1. The Morgan fingerprint density at radius 3 is 2.82 bits per heavy atom. The van der Waals surface area contributed by atoms with Crippen molar-refractivity contribution in [3.63, 3.8) is 0 Å². The van der Waals surface area contributed by atoms with E-state index in [-0.39, 0.29) is 11.3 Å². The average Bonchev–Trinajstić information content (AvgIpc) is 2.52. The minimum atomic E-state index is -0.409. The van der Waals surface area contributed by atoms with Crippen molar-refractivity contribution in [2.24, 2.45) is 5.92 Å². The predicted octanol–water partition coefficient (Wildman–Crippen LogP) is 2.96. The van der Waals surface area contributed by atoms with E-state index in [4.69, 9.17) is 4.74 Å². The second-order valence-electron chi connectivity index (χ2n) is 7.01. The lowest BCUT2D eigenvalue weighted by Gasteiger charge is -2.51. The molecule has 4 heteroatoms. The van der Waals surface area contributed by atoms with Crippen molar-refractivity contribution in [1.82, 2.24) is 0 Å². The number of phenols is 1. The number of carbonyl (C=O) groups excluding carboxylic acids is 1. The van der Waals surface area contributed by atoms with Gasteiger partial charge in [-0.3, -0.25) is 0 Å². The van der Waals surface area contributed by atoms with Crippen LogP contribution in [0.5, 0.6) is 5.75 Å². The first kappa shape index (κ1) is 15.3. The van der Waals surface area contributed by atoms with Gasteiger partial charge in [0.05, 0.1) is 26.2 Å². The van der Waals surface area contributed by atoms with Crippen LogP contribution in [0.2, 0.25) is 0 Å². The fourth-order valence-corrected chi connectivity index (χ4v) is 4.33. The Balaban J connectivity index is 1.63. The molecule has 0 amide bonds. The zero-order chi connectivity index (χ0) is 15.6. The van der Waals surface area contributed by atoms with Gasteiger partial charge < -0.3 is 14.3 Å². The van der Waals surface area contributed by atoms with Gasteiger partial charge in [-0.2, -0.15) is 0 Å². The lowest BCUT2D eigenvalue weighted by atomic mass is 9.82. The maximum Gasteiger partial charge on any atom is 0.341 e. The zero-order valence-corrected chi connectivity index (χ0v) is 13.3. The number of hydrogen-bond donors (Lipinski definition) is 1. The largest absolute Gasteiger partial charge is 0.507 e. The van der Waals surface area contributed by atoms with Gasteiger partial charge in [-0.15, -0.1) is 0 Å². The number of rotatable bonds is 3. The van der Waals surface area contributed by atoms with Crippen LogP contribution in [-0.4, -0.2) is 48.3 Å². The molecule has 0 spiro atoms. The number of aromatic hydroxyl groups is 1. The van der Waals surface area contributed by atoms with E-state index in [1.807, 2.05) is 0 Å². The third-order valence-corrected chi connectivity index (χ3v) is 5.56. The van der Waals surface area contributed by atoms with E-state index in [1.165, 1.54) is 44.8 Å². The molecular weight excluding hydrogens is 278 g/mol. The number of quaternary nitrogens is 1. The fourth-order valence-electron chi connectivity index (χ4n) is 4.33. The van der Waals surface area contributed by atoms with E-state index in [0.29, 0.717) is 18.6 Å². The number of ether oxygens (including phenoxy) is 1. The first-order valence-electron chi connectivity index (χ1n) is 8.39. The minimum Gasteiger partial charge on any atom is -0.507 e. The molecule has 1 aromatic rings. The summed E-state index contributed by atoms with van der Waals surface area (Å²) in [6.07, 6.45) is 6.22. The fraction of sp³-hybridized carbons (Fsp3) is 0.611. The molecule has 120 valence electrons. The van der Waals surface area contributed by atoms with Gasteiger partial charge in [0.2, 0.25) is 0 Å². The lowest BCUT2D eigenvalue weighted by Crippen LogP contribution is -2.61. The molecule has 0 aromatic heterocycles. The summed E-state index contributed by atoms with van der Waals surface area (Å²) in [5.74, 6) is 0.0389. The van der Waals surface area contributed by atoms with Gasteiger partial charge >= 0.3 is 5.97 Å². The highest BCUT2D eigenvalue weighted by Crippen LogP contribution is 2.36. The SMILES string of the molecule is C[N@+]12CCCC[C@@H]1[C@@H](COC(=O)c1ccccc1O)CCC2. The molecule has 0 aliphatic carbocycles. The molecule has 0 saturated carbocycles. The number of carbonyl (C=O) groups is 1. The van der Waals surface area contributed by atoms with E-state index in [2.05, 4.69) is 7.05 Å². The van der Waals surface area contributed by atoms with E-state index in [9.17, 15) is 9.90 Å². The number of phenolic OH excluding ortho intramolecular Hbond substituents is 1. The first-order valence-corrected chi connectivity index (χ1v) is 8.39. The molecule has 2 fully saturated rings. The molecule has 2 heterocycles. The molecule has 22 heavy (non-hydrogen) atoms. The Bertz CT molecular complexity index is 541. The third-order valence-electron chi connectivity index (χ3n) is 5.56. The maximum absolute atomic E-state index is 12.2. The number of para-hydroxylation sites is 1. The van der Waals surface area contributed by atoms with Crippen LogP contribution in [0.1, 0.15) is 42.5 Å². The van der Waals surface area contributed by atoms with Crippen LogP contribution in [0.15, 0.2) is 24.3 Å². The highest BCUT2D eigenvalue weighted by Gasteiger charge is 2.43. The molecule has 4 nitrogen and oxygen atoms in total. The van der Waals surface area contributed by atoms with Gasteiger partial charge in [-0.25, -0.2) is 4.79 Å². The van der Waals surface area contributed by atoms with Gasteiger partial charge in [-0.1, -0.05) is 12.1 Å². The maximum atomic E-state index is 12.2. The van der Waals surface area contributed by atoms with Crippen molar-refractivity contribution in [1.29, 1.82) is 0 Å². The van der Waals surface area contributed by atoms with E-state index < -0.39 is 5.97 Å². The van der Waals surface area contributed by atoms with Crippen LogP contribution in [0.4, 0.5) is 0 Å². The summed E-state index contributed by atoms with van der Waals surface area (Å²) in [5.41, 5.74) is 0.263. The van der Waals surface area contributed by atoms with Crippen molar-refractivity contribution >= 4 is 5.97 Å². The number of nitrogens with zero attached hydrogens (tertiary/aromatic N) is 1. The Kier molecular flexibility index (Phi) is 4.39. The Morgan fingerprint density at radius 1 is 1.23 bits per heavy atom. The molecular formula is C18H26NO3+. The first-order chi connectivity index (χ1) is 10.6. The molecule has 1 N–H and O–H groups in total. The molecule has 0 unspecified atom stereocenters. The predicted molar refractivity (Wildman–Crippen MR) is 84.7 cm³/mol. The summed E-state index contributed by atoms with van der Waals surface area (Å²) in [5, 5.41) is 9.74. The summed E-state index contributed by atoms with van der Waals surface area (Å²) in [4.78, 5) is 12.2. The van der Waals surface area contributed by atoms with Crippen LogP contribution < -0.4 is 0 Å². The molecule has 0 radical (unpaired) electrons. The Hall–Kier alpha value is -1.55. The van der Waals surface area contributed by atoms with Gasteiger partial charge in [0, 0.05) is 12.3 Å². The standard InChI is InChI=1S/C18H25NO3/c1-19-11-5-4-9-16(19)14(7-6-12-19)13-22-18(21)15-8-2-3-10-17(15)20/h2-3,8,10,14,16H,4-7,9,11-13H2,1H3/p+1/t14-,16-,19-/m1/s1. The molecule has 2 aliphatic rings. The summed E-state index contributed by atoms with van der Waals surface area (Å²) in [6, 6.07) is 7.20. The van der Waals surface area contributed by atoms with Gasteiger partial charge in [0.1, 0.15) is 17.9 Å². The smallest absolute Gasteiger partial charge is 0.341 e. The summed E-state index contributed by atoms with van der Waals surface area (Å²) < 4.78 is 6.69. The highest BCUT2D eigenvalue weighted by molar-refractivity contribution is 5.92. The highest BCUT2D eigenvalue weighted by atomic mass is 16.5. The topological polar surface area (TPSA) is 46.5 Å². The van der Waals surface area contributed by atoms with E-state index >= 15 is 0 Å². The Labute approximate surface area is 132 Å². The normalized spacial score (nSPS) is 31.3. The van der Waals surface area contributed by atoms with Crippen LogP contribution >= 0.6 is 0 Å². The van der Waals surface area contributed by atoms with Crippen LogP contribution in [-0.2, 0) is 4.74 Å². The summed E-state index contributed by atoms with van der Waals surface area (Å²) in [6.45, 7) is 2.99. The minimum absolute atomic E-state index is 0.00516. The second-order valence-corrected chi connectivity index (χ2v) is 7.01. The van der Waals surface area contributed by atoms with Crippen molar-refractivity contribution < 1.29 is 19.1 Å². The molecule has 3 rings (SSSR count). The number of piperidine rings is 2. The van der Waals surface area contributed by atoms with Crippen LogP contribution in [0.3, 0.4) is 0 Å². The summed E-state index contributed by atoms with van der Waals surface area (Å²) >= 11 is 0. The van der Waals surface area contributed by atoms with Crippen molar-refractivity contribution in [3.05, 3.63) is 29.8 Å².